The third-order valence-corrected chi connectivity index (χ3v) is 6.54. The molecule has 1 unspecified atom stereocenters. The van der Waals surface area contributed by atoms with Crippen LogP contribution in [-0.4, -0.2) is 32.4 Å². The van der Waals surface area contributed by atoms with Crippen LogP contribution >= 0.6 is 11.3 Å². The maximum Gasteiger partial charge on any atom is 0.243 e. The number of piperidine rings is 1. The van der Waals surface area contributed by atoms with Crippen LogP contribution in [0.15, 0.2) is 16.3 Å². The van der Waals surface area contributed by atoms with Crippen molar-refractivity contribution < 1.29 is 8.42 Å². The second-order valence-electron chi connectivity index (χ2n) is 5.54. The van der Waals surface area contributed by atoms with Crippen molar-refractivity contribution in [2.75, 3.05) is 19.6 Å². The van der Waals surface area contributed by atoms with Crippen LogP contribution in [-0.2, 0) is 16.6 Å². The number of sulfonamides is 1. The summed E-state index contributed by atoms with van der Waals surface area (Å²) in [6, 6.07) is 1.82. The second-order valence-corrected chi connectivity index (χ2v) is 8.47. The molecule has 1 fully saturated rings. The molecule has 1 saturated heterocycles. The SMILES string of the molecule is CCCNCc1cc(S(=O)(=O)N2CCCC(C)C2)cs1. The maximum absolute atomic E-state index is 12.6. The smallest absolute Gasteiger partial charge is 0.243 e. The van der Waals surface area contributed by atoms with Crippen molar-refractivity contribution in [3.05, 3.63) is 16.3 Å². The first kappa shape index (κ1) is 15.9. The normalized spacial score (nSPS) is 21.2. The van der Waals surface area contributed by atoms with Gasteiger partial charge in [-0.25, -0.2) is 8.42 Å². The van der Waals surface area contributed by atoms with Gasteiger partial charge in [0.1, 0.15) is 0 Å². The molecule has 1 N–H and O–H groups in total. The minimum Gasteiger partial charge on any atom is -0.312 e. The lowest BCUT2D eigenvalue weighted by atomic mass is 10.0. The predicted molar refractivity (Wildman–Crippen MR) is 83.5 cm³/mol. The Morgan fingerprint density at radius 3 is 3.00 bits per heavy atom. The summed E-state index contributed by atoms with van der Waals surface area (Å²) in [4.78, 5) is 1.55. The number of nitrogens with one attached hydrogen (secondary N) is 1. The van der Waals surface area contributed by atoms with Crippen molar-refractivity contribution in [3.63, 3.8) is 0 Å². The molecule has 0 bridgehead atoms. The molecule has 0 amide bonds. The van der Waals surface area contributed by atoms with E-state index in [1.165, 1.54) is 11.3 Å². The van der Waals surface area contributed by atoms with Crippen LogP contribution in [0.25, 0.3) is 0 Å². The van der Waals surface area contributed by atoms with Crippen LogP contribution < -0.4 is 5.32 Å². The fraction of sp³-hybridized carbons (Fsp3) is 0.714. The van der Waals surface area contributed by atoms with Gasteiger partial charge in [0.15, 0.2) is 0 Å². The summed E-state index contributed by atoms with van der Waals surface area (Å²) in [6.45, 7) is 7.27. The summed E-state index contributed by atoms with van der Waals surface area (Å²) < 4.78 is 26.8. The predicted octanol–water partition coefficient (Wildman–Crippen LogP) is 2.67. The highest BCUT2D eigenvalue weighted by Gasteiger charge is 2.29. The molecule has 1 atom stereocenters. The average molecular weight is 316 g/mol. The fourth-order valence-corrected chi connectivity index (χ4v) is 5.32. The highest BCUT2D eigenvalue weighted by Crippen LogP contribution is 2.26. The van der Waals surface area contributed by atoms with Gasteiger partial charge in [-0.05, 0) is 37.8 Å². The monoisotopic (exact) mass is 316 g/mol. The van der Waals surface area contributed by atoms with Crippen LogP contribution in [0.5, 0.6) is 0 Å². The topological polar surface area (TPSA) is 49.4 Å². The van der Waals surface area contributed by atoms with Gasteiger partial charge in [-0.3, -0.25) is 0 Å². The first-order chi connectivity index (χ1) is 9.54. The Balaban J connectivity index is 2.05. The van der Waals surface area contributed by atoms with Gasteiger partial charge in [0.25, 0.3) is 0 Å². The number of hydrogen-bond acceptors (Lipinski definition) is 4. The van der Waals surface area contributed by atoms with Gasteiger partial charge >= 0.3 is 0 Å². The molecular weight excluding hydrogens is 292 g/mol. The summed E-state index contributed by atoms with van der Waals surface area (Å²) in [5.41, 5.74) is 0. The zero-order valence-corrected chi connectivity index (χ0v) is 13.9. The summed E-state index contributed by atoms with van der Waals surface area (Å²) >= 11 is 1.52. The molecule has 0 aromatic carbocycles. The highest BCUT2D eigenvalue weighted by molar-refractivity contribution is 7.89. The largest absolute Gasteiger partial charge is 0.312 e. The van der Waals surface area contributed by atoms with Gasteiger partial charge < -0.3 is 5.32 Å². The van der Waals surface area contributed by atoms with E-state index in [4.69, 9.17) is 0 Å². The van der Waals surface area contributed by atoms with Crippen LogP contribution in [0.2, 0.25) is 0 Å². The van der Waals surface area contributed by atoms with Crippen molar-refractivity contribution in [2.24, 2.45) is 5.92 Å². The molecular formula is C14H24N2O2S2. The molecule has 1 aliphatic rings. The van der Waals surface area contributed by atoms with Gasteiger partial charge in [0.05, 0.1) is 4.90 Å². The Hall–Kier alpha value is -0.430. The summed E-state index contributed by atoms with van der Waals surface area (Å²) in [5.74, 6) is 0.461. The zero-order chi connectivity index (χ0) is 14.6. The zero-order valence-electron chi connectivity index (χ0n) is 12.3. The summed E-state index contributed by atoms with van der Waals surface area (Å²) in [7, 11) is -3.29. The van der Waals surface area contributed by atoms with E-state index in [2.05, 4.69) is 19.2 Å². The molecule has 1 aliphatic heterocycles. The standard InChI is InChI=1S/C14H24N2O2S2/c1-3-6-15-9-13-8-14(11-19-13)20(17,18)16-7-4-5-12(2)10-16/h8,11-12,15H,3-7,9-10H2,1-2H3. The lowest BCUT2D eigenvalue weighted by molar-refractivity contribution is 0.281. The molecule has 0 spiro atoms. The van der Waals surface area contributed by atoms with Crippen LogP contribution in [0, 0.1) is 5.92 Å². The number of nitrogens with zero attached hydrogens (tertiary/aromatic N) is 1. The fourth-order valence-electron chi connectivity index (χ4n) is 2.49. The molecule has 0 radical (unpaired) electrons. The Bertz CT molecular complexity index is 525. The molecule has 2 heterocycles. The third-order valence-electron chi connectivity index (χ3n) is 3.61. The second kappa shape index (κ2) is 7.02. The van der Waals surface area contributed by atoms with E-state index in [9.17, 15) is 8.42 Å². The summed E-state index contributed by atoms with van der Waals surface area (Å²) in [6.07, 6.45) is 3.18. The molecule has 0 aliphatic carbocycles. The minimum atomic E-state index is -3.29. The van der Waals surface area contributed by atoms with E-state index in [0.717, 1.165) is 37.2 Å². The molecule has 6 heteroatoms. The number of thiophene rings is 1. The lowest BCUT2D eigenvalue weighted by Gasteiger charge is -2.29. The van der Waals surface area contributed by atoms with Gasteiger partial charge in [-0.15, -0.1) is 11.3 Å². The maximum atomic E-state index is 12.6. The van der Waals surface area contributed by atoms with E-state index in [-0.39, 0.29) is 0 Å². The Kier molecular flexibility index (Phi) is 5.60. The van der Waals surface area contributed by atoms with E-state index in [1.807, 2.05) is 6.07 Å². The Morgan fingerprint density at radius 2 is 2.30 bits per heavy atom. The molecule has 114 valence electrons. The third kappa shape index (κ3) is 3.81. The van der Waals surface area contributed by atoms with Crippen LogP contribution in [0.4, 0.5) is 0 Å². The number of rotatable bonds is 6. The van der Waals surface area contributed by atoms with E-state index < -0.39 is 10.0 Å². The van der Waals surface area contributed by atoms with Crippen molar-refractivity contribution >= 4 is 21.4 Å². The van der Waals surface area contributed by atoms with E-state index in [1.54, 1.807) is 9.69 Å². The molecule has 1 aromatic rings. The van der Waals surface area contributed by atoms with Crippen molar-refractivity contribution in [1.29, 1.82) is 0 Å². The van der Waals surface area contributed by atoms with Gasteiger partial charge in [-0.1, -0.05) is 13.8 Å². The van der Waals surface area contributed by atoms with Gasteiger partial charge in [0, 0.05) is 29.9 Å². The molecule has 0 saturated carbocycles. The first-order valence-electron chi connectivity index (χ1n) is 7.32. The first-order valence-corrected chi connectivity index (χ1v) is 9.64. The lowest BCUT2D eigenvalue weighted by Crippen LogP contribution is -2.38. The van der Waals surface area contributed by atoms with Gasteiger partial charge in [0.2, 0.25) is 10.0 Å². The van der Waals surface area contributed by atoms with Crippen molar-refractivity contribution in [3.8, 4) is 0 Å². The highest BCUT2D eigenvalue weighted by atomic mass is 32.2. The van der Waals surface area contributed by atoms with Crippen molar-refractivity contribution in [2.45, 2.75) is 44.6 Å². The number of hydrogen-bond donors (Lipinski definition) is 1. The summed E-state index contributed by atoms with van der Waals surface area (Å²) in [5, 5.41) is 5.08. The molecule has 20 heavy (non-hydrogen) atoms. The van der Waals surface area contributed by atoms with Crippen LogP contribution in [0.1, 0.15) is 38.0 Å². The molecule has 4 nitrogen and oxygen atoms in total. The van der Waals surface area contributed by atoms with E-state index >= 15 is 0 Å². The average Bonchev–Trinajstić information content (AvgIpc) is 2.88. The Morgan fingerprint density at radius 1 is 1.50 bits per heavy atom. The molecule has 2 rings (SSSR count). The molecule has 1 aromatic heterocycles. The van der Waals surface area contributed by atoms with E-state index in [0.29, 0.717) is 23.9 Å². The minimum absolute atomic E-state index is 0.461. The van der Waals surface area contributed by atoms with Gasteiger partial charge in [-0.2, -0.15) is 4.31 Å². The van der Waals surface area contributed by atoms with Crippen LogP contribution in [0.3, 0.4) is 0 Å². The van der Waals surface area contributed by atoms with Crippen molar-refractivity contribution in [1.82, 2.24) is 9.62 Å². The Labute approximate surface area is 126 Å². The quantitative estimate of drug-likeness (QED) is 0.821.